The fourth-order valence-electron chi connectivity index (χ4n) is 3.02. The van der Waals surface area contributed by atoms with Gasteiger partial charge in [0.05, 0.1) is 0 Å². The molecule has 1 amide bonds. The van der Waals surface area contributed by atoms with Crippen molar-refractivity contribution >= 4 is 5.91 Å². The SMILES string of the molecule is NC1CCC(N2Cc3c(F)cccc3C2=O)CC1. The Labute approximate surface area is 106 Å². The lowest BCUT2D eigenvalue weighted by molar-refractivity contribution is 0.0652. The highest BCUT2D eigenvalue weighted by atomic mass is 19.1. The zero-order chi connectivity index (χ0) is 12.7. The number of nitrogens with zero attached hydrogens (tertiary/aromatic N) is 1. The second-order valence-corrected chi connectivity index (χ2v) is 5.27. The Morgan fingerprint density at radius 2 is 1.94 bits per heavy atom. The molecular weight excluding hydrogens is 231 g/mol. The minimum atomic E-state index is -0.268. The first kappa shape index (κ1) is 11.7. The van der Waals surface area contributed by atoms with E-state index in [9.17, 15) is 9.18 Å². The number of nitrogens with two attached hydrogens (primary N) is 1. The van der Waals surface area contributed by atoms with Crippen LogP contribution < -0.4 is 5.73 Å². The van der Waals surface area contributed by atoms with Crippen molar-refractivity contribution in [2.75, 3.05) is 0 Å². The molecule has 0 saturated heterocycles. The van der Waals surface area contributed by atoms with E-state index in [1.165, 1.54) is 6.07 Å². The van der Waals surface area contributed by atoms with Gasteiger partial charge in [-0.3, -0.25) is 4.79 Å². The van der Waals surface area contributed by atoms with Crippen LogP contribution in [0, 0.1) is 5.82 Å². The molecule has 1 aromatic rings. The molecule has 4 heteroatoms. The number of rotatable bonds is 1. The molecule has 18 heavy (non-hydrogen) atoms. The number of benzene rings is 1. The average molecular weight is 248 g/mol. The highest BCUT2D eigenvalue weighted by molar-refractivity contribution is 5.98. The van der Waals surface area contributed by atoms with Crippen molar-refractivity contribution in [1.29, 1.82) is 0 Å². The summed E-state index contributed by atoms with van der Waals surface area (Å²) in [5, 5.41) is 0. The highest BCUT2D eigenvalue weighted by Gasteiger charge is 2.35. The summed E-state index contributed by atoms with van der Waals surface area (Å²) in [6.45, 7) is 0.417. The summed E-state index contributed by atoms with van der Waals surface area (Å²) in [5.74, 6) is -0.291. The molecule has 1 fully saturated rings. The Hall–Kier alpha value is -1.42. The fraction of sp³-hybridized carbons (Fsp3) is 0.500. The number of carbonyl (C=O) groups is 1. The smallest absolute Gasteiger partial charge is 0.254 e. The number of hydrogen-bond acceptors (Lipinski definition) is 2. The summed E-state index contributed by atoms with van der Waals surface area (Å²) >= 11 is 0. The van der Waals surface area contributed by atoms with Crippen molar-refractivity contribution in [2.24, 2.45) is 5.73 Å². The van der Waals surface area contributed by atoms with Crippen LogP contribution in [0.4, 0.5) is 4.39 Å². The van der Waals surface area contributed by atoms with Gasteiger partial charge in [-0.25, -0.2) is 4.39 Å². The molecule has 0 atom stereocenters. The van der Waals surface area contributed by atoms with Gasteiger partial charge in [0, 0.05) is 29.8 Å². The maximum atomic E-state index is 13.7. The van der Waals surface area contributed by atoms with Crippen LogP contribution in [0.3, 0.4) is 0 Å². The minimum Gasteiger partial charge on any atom is -0.331 e. The van der Waals surface area contributed by atoms with Crippen LogP contribution in [0.25, 0.3) is 0 Å². The molecule has 0 aromatic heterocycles. The molecule has 2 N–H and O–H groups in total. The van der Waals surface area contributed by atoms with Gasteiger partial charge in [0.1, 0.15) is 5.82 Å². The summed E-state index contributed by atoms with van der Waals surface area (Å²) in [6, 6.07) is 5.23. The maximum Gasteiger partial charge on any atom is 0.254 e. The van der Waals surface area contributed by atoms with Crippen LogP contribution in [-0.4, -0.2) is 22.9 Å². The zero-order valence-corrected chi connectivity index (χ0v) is 10.2. The van der Waals surface area contributed by atoms with Gasteiger partial charge in [0.25, 0.3) is 5.91 Å². The maximum absolute atomic E-state index is 13.7. The van der Waals surface area contributed by atoms with Gasteiger partial charge in [0.15, 0.2) is 0 Å². The summed E-state index contributed by atoms with van der Waals surface area (Å²) in [7, 11) is 0. The van der Waals surface area contributed by atoms with Gasteiger partial charge in [-0.1, -0.05) is 6.07 Å². The fourth-order valence-corrected chi connectivity index (χ4v) is 3.02. The molecule has 0 spiro atoms. The number of hydrogen-bond donors (Lipinski definition) is 1. The van der Waals surface area contributed by atoms with E-state index in [1.54, 1.807) is 12.1 Å². The molecule has 1 saturated carbocycles. The Kier molecular flexibility index (Phi) is 2.82. The summed E-state index contributed by atoms with van der Waals surface area (Å²) in [4.78, 5) is 14.1. The molecule has 3 rings (SSSR count). The van der Waals surface area contributed by atoms with E-state index >= 15 is 0 Å². The first-order valence-corrected chi connectivity index (χ1v) is 6.51. The standard InChI is InChI=1S/C14H17FN2O/c15-13-3-1-2-11-12(13)8-17(14(11)18)10-6-4-9(16)5-7-10/h1-3,9-10H,4-8,16H2. The lowest BCUT2D eigenvalue weighted by Gasteiger charge is -2.33. The van der Waals surface area contributed by atoms with Crippen molar-refractivity contribution in [1.82, 2.24) is 4.90 Å². The molecule has 1 heterocycles. The second kappa shape index (κ2) is 4.35. The summed E-state index contributed by atoms with van der Waals surface area (Å²) in [6.07, 6.45) is 3.77. The number of amides is 1. The topological polar surface area (TPSA) is 46.3 Å². The van der Waals surface area contributed by atoms with Crippen LogP contribution in [0.5, 0.6) is 0 Å². The average Bonchev–Trinajstić information content (AvgIpc) is 2.70. The van der Waals surface area contributed by atoms with E-state index in [0.29, 0.717) is 17.7 Å². The predicted octanol–water partition coefficient (Wildman–Crippen LogP) is 2.05. The molecule has 0 bridgehead atoms. The van der Waals surface area contributed by atoms with E-state index in [1.807, 2.05) is 4.90 Å². The van der Waals surface area contributed by atoms with Crippen molar-refractivity contribution in [3.8, 4) is 0 Å². The van der Waals surface area contributed by atoms with Crippen LogP contribution >= 0.6 is 0 Å². The van der Waals surface area contributed by atoms with Crippen LogP contribution in [0.15, 0.2) is 18.2 Å². The third-order valence-corrected chi connectivity index (χ3v) is 4.12. The molecule has 2 aliphatic rings. The van der Waals surface area contributed by atoms with E-state index in [-0.39, 0.29) is 23.8 Å². The van der Waals surface area contributed by atoms with Crippen LogP contribution in [0.2, 0.25) is 0 Å². The lowest BCUT2D eigenvalue weighted by Crippen LogP contribution is -2.40. The molecule has 1 aliphatic carbocycles. The first-order chi connectivity index (χ1) is 8.66. The van der Waals surface area contributed by atoms with Gasteiger partial charge in [-0.2, -0.15) is 0 Å². The number of halogens is 1. The molecule has 1 aliphatic heterocycles. The third-order valence-electron chi connectivity index (χ3n) is 4.12. The normalized spacial score (nSPS) is 27.4. The predicted molar refractivity (Wildman–Crippen MR) is 66.5 cm³/mol. The molecule has 3 nitrogen and oxygen atoms in total. The summed E-state index contributed by atoms with van der Waals surface area (Å²) < 4.78 is 13.7. The van der Waals surface area contributed by atoms with Gasteiger partial charge >= 0.3 is 0 Å². The van der Waals surface area contributed by atoms with E-state index < -0.39 is 0 Å². The van der Waals surface area contributed by atoms with Crippen molar-refractivity contribution in [3.05, 3.63) is 35.1 Å². The van der Waals surface area contributed by atoms with E-state index in [4.69, 9.17) is 5.73 Å². The Morgan fingerprint density at radius 3 is 2.61 bits per heavy atom. The van der Waals surface area contributed by atoms with E-state index in [2.05, 4.69) is 0 Å². The summed E-state index contributed by atoms with van der Waals surface area (Å²) in [5.41, 5.74) is 6.96. The first-order valence-electron chi connectivity index (χ1n) is 6.51. The molecule has 0 radical (unpaired) electrons. The van der Waals surface area contributed by atoms with Gasteiger partial charge < -0.3 is 10.6 Å². The van der Waals surface area contributed by atoms with Gasteiger partial charge in [-0.05, 0) is 37.8 Å². The third kappa shape index (κ3) is 1.81. The Bertz CT molecular complexity index is 481. The van der Waals surface area contributed by atoms with Crippen molar-refractivity contribution < 1.29 is 9.18 Å². The molecule has 96 valence electrons. The number of fused-ring (bicyclic) bond motifs is 1. The Balaban J connectivity index is 1.82. The quantitative estimate of drug-likeness (QED) is 0.826. The van der Waals surface area contributed by atoms with Crippen LogP contribution in [-0.2, 0) is 6.54 Å². The molecule has 1 aromatic carbocycles. The minimum absolute atomic E-state index is 0.0232. The lowest BCUT2D eigenvalue weighted by atomic mass is 9.91. The van der Waals surface area contributed by atoms with Gasteiger partial charge in [0.2, 0.25) is 0 Å². The number of carbonyl (C=O) groups excluding carboxylic acids is 1. The molecular formula is C14H17FN2O. The largest absolute Gasteiger partial charge is 0.331 e. The van der Waals surface area contributed by atoms with Crippen molar-refractivity contribution in [2.45, 2.75) is 44.3 Å². The zero-order valence-electron chi connectivity index (χ0n) is 10.2. The van der Waals surface area contributed by atoms with E-state index in [0.717, 1.165) is 25.7 Å². The Morgan fingerprint density at radius 1 is 1.22 bits per heavy atom. The van der Waals surface area contributed by atoms with Crippen LogP contribution in [0.1, 0.15) is 41.6 Å². The van der Waals surface area contributed by atoms with Crippen molar-refractivity contribution in [3.63, 3.8) is 0 Å². The monoisotopic (exact) mass is 248 g/mol. The van der Waals surface area contributed by atoms with Gasteiger partial charge in [-0.15, -0.1) is 0 Å². The molecule has 0 unspecified atom stereocenters. The highest BCUT2D eigenvalue weighted by Crippen LogP contribution is 2.31. The second-order valence-electron chi connectivity index (χ2n) is 5.27.